The highest BCUT2D eigenvalue weighted by atomic mass is 79.9. The number of nitrogens with two attached hydrogens (primary N) is 1. The van der Waals surface area contributed by atoms with E-state index in [0.717, 1.165) is 36.1 Å². The van der Waals surface area contributed by atoms with Gasteiger partial charge in [-0.25, -0.2) is 4.99 Å². The molecule has 1 unspecified atom stereocenters. The van der Waals surface area contributed by atoms with Crippen molar-refractivity contribution in [3.63, 3.8) is 0 Å². The molecule has 0 bridgehead atoms. The molecule has 0 saturated carbocycles. The van der Waals surface area contributed by atoms with Crippen molar-refractivity contribution in [3.8, 4) is 0 Å². The standard InChI is InChI=1S/C14H16BrN3OS/c15-11-3-1-2-10(8-11)14(9-4-6-19-7-5-9)17-12(16)13(20)18-14/h1-3,8-9H,4-7H2,(H2,16,17)(H,18,20). The minimum Gasteiger partial charge on any atom is -0.381 e. The highest BCUT2D eigenvalue weighted by molar-refractivity contribution is 9.10. The molecule has 1 fully saturated rings. The van der Waals surface area contributed by atoms with E-state index >= 15 is 0 Å². The van der Waals surface area contributed by atoms with Gasteiger partial charge in [-0.3, -0.25) is 0 Å². The summed E-state index contributed by atoms with van der Waals surface area (Å²) in [5.74, 6) is 0.746. The number of benzene rings is 1. The summed E-state index contributed by atoms with van der Waals surface area (Å²) in [4.78, 5) is 5.24. The predicted octanol–water partition coefficient (Wildman–Crippen LogP) is 2.32. The molecule has 0 radical (unpaired) electrons. The molecule has 6 heteroatoms. The van der Waals surface area contributed by atoms with Crippen molar-refractivity contribution in [1.82, 2.24) is 5.32 Å². The normalized spacial score (nSPS) is 27.2. The Morgan fingerprint density at radius 2 is 2.15 bits per heavy atom. The number of hydrogen-bond acceptors (Lipinski definition) is 4. The smallest absolute Gasteiger partial charge is 0.161 e. The van der Waals surface area contributed by atoms with Crippen molar-refractivity contribution in [2.45, 2.75) is 18.5 Å². The van der Waals surface area contributed by atoms with E-state index in [0.29, 0.717) is 16.7 Å². The first-order valence-electron chi connectivity index (χ1n) is 6.63. The quantitative estimate of drug-likeness (QED) is 0.801. The molecule has 0 amide bonds. The number of thiocarbonyl (C=S) groups is 1. The van der Waals surface area contributed by atoms with Crippen LogP contribution in [0.25, 0.3) is 0 Å². The minimum atomic E-state index is -0.547. The van der Waals surface area contributed by atoms with E-state index in [4.69, 9.17) is 27.7 Å². The molecule has 4 nitrogen and oxygen atoms in total. The lowest BCUT2D eigenvalue weighted by Gasteiger charge is -2.38. The van der Waals surface area contributed by atoms with Gasteiger partial charge in [-0.2, -0.15) is 0 Å². The van der Waals surface area contributed by atoms with E-state index in [-0.39, 0.29) is 0 Å². The Labute approximate surface area is 131 Å². The lowest BCUT2D eigenvalue weighted by molar-refractivity contribution is 0.0354. The fourth-order valence-corrected chi connectivity index (χ4v) is 3.51. The Hall–Kier alpha value is -0.980. The molecule has 3 rings (SSSR count). The fourth-order valence-electron chi connectivity index (χ4n) is 2.91. The Morgan fingerprint density at radius 3 is 2.75 bits per heavy atom. The van der Waals surface area contributed by atoms with Crippen LogP contribution >= 0.6 is 28.1 Å². The first-order chi connectivity index (χ1) is 9.62. The van der Waals surface area contributed by atoms with Gasteiger partial charge in [0.1, 0.15) is 4.99 Å². The molecule has 2 aliphatic heterocycles. The number of halogens is 1. The molecule has 1 aromatic rings. The Bertz CT molecular complexity index is 571. The third kappa shape index (κ3) is 2.36. The third-order valence-corrected chi connectivity index (χ3v) is 4.71. The zero-order valence-electron chi connectivity index (χ0n) is 10.9. The van der Waals surface area contributed by atoms with Crippen molar-refractivity contribution in [1.29, 1.82) is 0 Å². The molecule has 2 heterocycles. The largest absolute Gasteiger partial charge is 0.381 e. The molecule has 20 heavy (non-hydrogen) atoms. The van der Waals surface area contributed by atoms with Gasteiger partial charge in [-0.15, -0.1) is 0 Å². The van der Waals surface area contributed by atoms with Crippen LogP contribution in [0, 0.1) is 5.92 Å². The van der Waals surface area contributed by atoms with Gasteiger partial charge in [0.05, 0.1) is 0 Å². The van der Waals surface area contributed by atoms with Crippen molar-refractivity contribution < 1.29 is 4.74 Å². The molecule has 2 aliphatic rings. The van der Waals surface area contributed by atoms with Gasteiger partial charge in [-0.1, -0.05) is 40.3 Å². The molecular weight excluding hydrogens is 338 g/mol. The SMILES string of the molecule is NC1=NC(c2cccc(Br)c2)(C2CCOCC2)NC1=S. The fraction of sp³-hybridized carbons (Fsp3) is 0.429. The van der Waals surface area contributed by atoms with E-state index in [2.05, 4.69) is 33.4 Å². The maximum atomic E-state index is 5.94. The van der Waals surface area contributed by atoms with Crippen molar-refractivity contribution in [2.24, 2.45) is 16.6 Å². The average Bonchev–Trinajstić information content (AvgIpc) is 2.77. The number of ether oxygens (including phenoxy) is 1. The summed E-state index contributed by atoms with van der Waals surface area (Å²) in [6, 6.07) is 8.15. The summed E-state index contributed by atoms with van der Waals surface area (Å²) in [5, 5.41) is 3.36. The number of rotatable bonds is 2. The van der Waals surface area contributed by atoms with Crippen LogP contribution in [0.3, 0.4) is 0 Å². The summed E-state index contributed by atoms with van der Waals surface area (Å²) >= 11 is 8.81. The van der Waals surface area contributed by atoms with Gasteiger partial charge < -0.3 is 15.8 Å². The second-order valence-electron chi connectivity index (χ2n) is 5.11. The summed E-state index contributed by atoms with van der Waals surface area (Å²) in [5.41, 5.74) is 6.48. The maximum Gasteiger partial charge on any atom is 0.161 e. The molecule has 106 valence electrons. The monoisotopic (exact) mass is 353 g/mol. The number of amidine groups is 1. The second kappa shape index (κ2) is 5.42. The molecule has 3 N–H and O–H groups in total. The van der Waals surface area contributed by atoms with E-state index < -0.39 is 5.66 Å². The molecule has 0 aromatic heterocycles. The molecule has 0 spiro atoms. The van der Waals surface area contributed by atoms with Gasteiger partial charge in [0.15, 0.2) is 11.5 Å². The van der Waals surface area contributed by atoms with Crippen LogP contribution in [0.4, 0.5) is 0 Å². The van der Waals surface area contributed by atoms with Gasteiger partial charge in [0.2, 0.25) is 0 Å². The number of nitrogens with zero attached hydrogens (tertiary/aromatic N) is 1. The Balaban J connectivity index is 2.06. The van der Waals surface area contributed by atoms with Gasteiger partial charge >= 0.3 is 0 Å². The van der Waals surface area contributed by atoms with Crippen LogP contribution in [0.2, 0.25) is 0 Å². The van der Waals surface area contributed by atoms with E-state index in [1.165, 1.54) is 0 Å². The van der Waals surface area contributed by atoms with Gasteiger partial charge in [0.25, 0.3) is 0 Å². The van der Waals surface area contributed by atoms with Crippen LogP contribution < -0.4 is 11.1 Å². The Kier molecular flexibility index (Phi) is 3.79. The summed E-state index contributed by atoms with van der Waals surface area (Å²) in [6.07, 6.45) is 1.89. The predicted molar refractivity (Wildman–Crippen MR) is 86.7 cm³/mol. The maximum absolute atomic E-state index is 5.94. The van der Waals surface area contributed by atoms with Gasteiger partial charge in [0, 0.05) is 29.2 Å². The summed E-state index contributed by atoms with van der Waals surface area (Å²) in [7, 11) is 0. The van der Waals surface area contributed by atoms with Crippen LogP contribution in [-0.2, 0) is 10.4 Å². The second-order valence-corrected chi connectivity index (χ2v) is 6.44. The molecule has 1 atom stereocenters. The number of hydrogen-bond donors (Lipinski definition) is 2. The van der Waals surface area contributed by atoms with E-state index in [9.17, 15) is 0 Å². The molecule has 0 aliphatic carbocycles. The highest BCUT2D eigenvalue weighted by Crippen LogP contribution is 2.40. The highest BCUT2D eigenvalue weighted by Gasteiger charge is 2.45. The van der Waals surface area contributed by atoms with Crippen molar-refractivity contribution >= 4 is 39.0 Å². The lowest BCUT2D eigenvalue weighted by atomic mass is 9.81. The van der Waals surface area contributed by atoms with Crippen molar-refractivity contribution in [2.75, 3.05) is 13.2 Å². The van der Waals surface area contributed by atoms with Crippen LogP contribution in [0.1, 0.15) is 18.4 Å². The zero-order valence-corrected chi connectivity index (χ0v) is 13.3. The number of aliphatic imine (C=N–C) groups is 1. The van der Waals surface area contributed by atoms with Crippen LogP contribution in [0.15, 0.2) is 33.7 Å². The third-order valence-electron chi connectivity index (χ3n) is 3.91. The molecular formula is C14H16BrN3OS. The topological polar surface area (TPSA) is 59.6 Å². The van der Waals surface area contributed by atoms with E-state index in [1.54, 1.807) is 0 Å². The minimum absolute atomic E-state index is 0.324. The van der Waals surface area contributed by atoms with Crippen LogP contribution in [-0.4, -0.2) is 24.0 Å². The van der Waals surface area contributed by atoms with E-state index in [1.807, 2.05) is 12.1 Å². The zero-order chi connectivity index (χ0) is 14.2. The summed E-state index contributed by atoms with van der Waals surface area (Å²) in [6.45, 7) is 1.51. The van der Waals surface area contributed by atoms with Crippen molar-refractivity contribution in [3.05, 3.63) is 34.3 Å². The van der Waals surface area contributed by atoms with Gasteiger partial charge in [-0.05, 0) is 25.0 Å². The average molecular weight is 354 g/mol. The van der Waals surface area contributed by atoms with Crippen LogP contribution in [0.5, 0.6) is 0 Å². The molecule has 1 saturated heterocycles. The lowest BCUT2D eigenvalue weighted by Crippen LogP contribution is -2.47. The Morgan fingerprint density at radius 1 is 1.40 bits per heavy atom. The first kappa shape index (κ1) is 14.0. The summed E-state index contributed by atoms with van der Waals surface area (Å²) < 4.78 is 6.49. The number of nitrogens with one attached hydrogen (secondary N) is 1. The molecule has 1 aromatic carbocycles. The first-order valence-corrected chi connectivity index (χ1v) is 7.83.